The van der Waals surface area contributed by atoms with Crippen molar-refractivity contribution >= 4 is 33.2 Å². The summed E-state index contributed by atoms with van der Waals surface area (Å²) in [6, 6.07) is 4.13. The highest BCUT2D eigenvalue weighted by atomic mass is 33.1. The average Bonchev–Trinajstić information content (AvgIpc) is 2.24. The Bertz CT molecular complexity index is 482. The summed E-state index contributed by atoms with van der Waals surface area (Å²) in [6.07, 6.45) is 0. The molecule has 0 aliphatic heterocycles. The molecular formula is C11H13NO4S2. The van der Waals surface area contributed by atoms with Gasteiger partial charge < -0.3 is 5.11 Å². The van der Waals surface area contributed by atoms with E-state index in [1.165, 1.54) is 22.9 Å². The van der Waals surface area contributed by atoms with Crippen molar-refractivity contribution in [2.75, 3.05) is 0 Å². The zero-order chi connectivity index (χ0) is 13.9. The number of hydrogen-bond donors (Lipinski definition) is 1. The number of carboxylic acid groups (broad SMARTS) is 1. The van der Waals surface area contributed by atoms with Crippen molar-refractivity contribution in [1.29, 1.82) is 0 Å². The Balaban J connectivity index is 3.01. The first-order valence-electron chi connectivity index (χ1n) is 5.08. The summed E-state index contributed by atoms with van der Waals surface area (Å²) >= 11 is 0. The molecule has 0 heterocycles. The molecule has 0 fully saturated rings. The largest absolute Gasteiger partial charge is 0.477 e. The molecule has 0 bridgehead atoms. The van der Waals surface area contributed by atoms with Crippen LogP contribution in [-0.2, 0) is 0 Å². The molecule has 1 rings (SSSR count). The fraction of sp³-hybridized carbons (Fsp3) is 0.364. The zero-order valence-electron chi connectivity index (χ0n) is 10.2. The van der Waals surface area contributed by atoms with Gasteiger partial charge >= 0.3 is 5.97 Å². The molecule has 0 saturated heterocycles. The molecular weight excluding hydrogens is 274 g/mol. The predicted octanol–water partition coefficient (Wildman–Crippen LogP) is 3.83. The van der Waals surface area contributed by atoms with Gasteiger partial charge in [0.1, 0.15) is 5.56 Å². The summed E-state index contributed by atoms with van der Waals surface area (Å²) in [5, 5.41) is 19.6. The molecule has 0 atom stereocenters. The number of nitro benzene ring substituents is 1. The van der Waals surface area contributed by atoms with E-state index in [2.05, 4.69) is 0 Å². The van der Waals surface area contributed by atoms with Gasteiger partial charge in [-0.2, -0.15) is 0 Å². The van der Waals surface area contributed by atoms with E-state index in [0.717, 1.165) is 0 Å². The minimum atomic E-state index is -1.29. The van der Waals surface area contributed by atoms with E-state index in [4.69, 9.17) is 5.11 Å². The van der Waals surface area contributed by atoms with Gasteiger partial charge in [0.2, 0.25) is 0 Å². The van der Waals surface area contributed by atoms with Crippen molar-refractivity contribution in [1.82, 2.24) is 0 Å². The second-order valence-corrected chi connectivity index (χ2v) is 7.55. The van der Waals surface area contributed by atoms with E-state index < -0.39 is 10.9 Å². The number of carbonyl (C=O) groups is 1. The van der Waals surface area contributed by atoms with Crippen LogP contribution >= 0.6 is 21.6 Å². The van der Waals surface area contributed by atoms with E-state index in [-0.39, 0.29) is 16.0 Å². The molecule has 0 amide bonds. The molecule has 18 heavy (non-hydrogen) atoms. The van der Waals surface area contributed by atoms with Gasteiger partial charge in [-0.05, 0) is 12.1 Å². The van der Waals surface area contributed by atoms with E-state index in [0.29, 0.717) is 4.90 Å². The molecule has 7 heteroatoms. The zero-order valence-corrected chi connectivity index (χ0v) is 11.8. The summed E-state index contributed by atoms with van der Waals surface area (Å²) in [7, 11) is 2.99. The Labute approximate surface area is 113 Å². The van der Waals surface area contributed by atoms with Crippen LogP contribution in [0.4, 0.5) is 5.69 Å². The van der Waals surface area contributed by atoms with Crippen molar-refractivity contribution in [3.8, 4) is 0 Å². The number of nitrogens with zero attached hydrogens (tertiary/aromatic N) is 1. The minimum absolute atomic E-state index is 0.0236. The van der Waals surface area contributed by atoms with Crippen molar-refractivity contribution < 1.29 is 14.8 Å². The molecule has 0 aliphatic rings. The molecule has 0 aliphatic carbocycles. The van der Waals surface area contributed by atoms with E-state index >= 15 is 0 Å². The van der Waals surface area contributed by atoms with Crippen LogP contribution in [-0.4, -0.2) is 20.7 Å². The Hall–Kier alpha value is -1.21. The van der Waals surface area contributed by atoms with E-state index in [1.807, 2.05) is 20.8 Å². The SMILES string of the molecule is CC(C)(C)SSc1ccc([N+](=O)[O-])c(C(=O)O)c1. The maximum atomic E-state index is 11.0. The fourth-order valence-corrected chi connectivity index (χ4v) is 3.06. The maximum Gasteiger partial charge on any atom is 0.342 e. The summed E-state index contributed by atoms with van der Waals surface area (Å²) in [4.78, 5) is 21.7. The Morgan fingerprint density at radius 3 is 2.44 bits per heavy atom. The van der Waals surface area contributed by atoms with Gasteiger partial charge in [0.05, 0.1) is 4.92 Å². The second-order valence-electron chi connectivity index (χ2n) is 4.52. The average molecular weight is 287 g/mol. The van der Waals surface area contributed by atoms with Gasteiger partial charge in [0.25, 0.3) is 5.69 Å². The molecule has 1 aromatic carbocycles. The fourth-order valence-electron chi connectivity index (χ4n) is 1.07. The van der Waals surface area contributed by atoms with Crippen LogP contribution in [0.15, 0.2) is 23.1 Å². The number of nitro groups is 1. The summed E-state index contributed by atoms with van der Waals surface area (Å²) in [6.45, 7) is 6.11. The maximum absolute atomic E-state index is 11.0. The monoisotopic (exact) mass is 287 g/mol. The lowest BCUT2D eigenvalue weighted by Gasteiger charge is -2.16. The van der Waals surface area contributed by atoms with Crippen LogP contribution in [0.3, 0.4) is 0 Å². The summed E-state index contributed by atoms with van der Waals surface area (Å²) in [5.74, 6) is -1.29. The van der Waals surface area contributed by atoms with Gasteiger partial charge in [-0.3, -0.25) is 10.1 Å². The van der Waals surface area contributed by atoms with Crippen molar-refractivity contribution in [2.24, 2.45) is 0 Å². The lowest BCUT2D eigenvalue weighted by atomic mass is 10.2. The van der Waals surface area contributed by atoms with Crippen LogP contribution in [0, 0.1) is 10.1 Å². The molecule has 0 spiro atoms. The van der Waals surface area contributed by atoms with Gasteiger partial charge in [0, 0.05) is 15.7 Å². The molecule has 0 aromatic heterocycles. The Morgan fingerprint density at radius 2 is 2.00 bits per heavy atom. The van der Waals surface area contributed by atoms with E-state index in [1.54, 1.807) is 16.9 Å². The number of hydrogen-bond acceptors (Lipinski definition) is 5. The minimum Gasteiger partial charge on any atom is -0.477 e. The van der Waals surface area contributed by atoms with Gasteiger partial charge in [0.15, 0.2) is 0 Å². The number of rotatable bonds is 4. The van der Waals surface area contributed by atoms with Gasteiger partial charge in [-0.15, -0.1) is 0 Å². The van der Waals surface area contributed by atoms with Crippen molar-refractivity contribution in [3.63, 3.8) is 0 Å². The Kier molecular flexibility index (Phi) is 4.64. The molecule has 0 saturated carbocycles. The molecule has 1 N–H and O–H groups in total. The first-order chi connectivity index (χ1) is 8.20. The highest BCUT2D eigenvalue weighted by Gasteiger charge is 2.21. The third-order valence-corrected chi connectivity index (χ3v) is 5.14. The normalized spacial score (nSPS) is 11.3. The molecule has 0 radical (unpaired) electrons. The first kappa shape index (κ1) is 14.8. The van der Waals surface area contributed by atoms with Gasteiger partial charge in [-0.1, -0.05) is 42.4 Å². The number of aromatic carboxylic acids is 1. The van der Waals surface area contributed by atoms with Crippen molar-refractivity contribution in [3.05, 3.63) is 33.9 Å². The third-order valence-electron chi connectivity index (χ3n) is 1.78. The Morgan fingerprint density at radius 1 is 1.39 bits per heavy atom. The molecule has 5 nitrogen and oxygen atoms in total. The first-order valence-corrected chi connectivity index (χ1v) is 7.23. The third kappa shape index (κ3) is 4.23. The highest BCUT2D eigenvalue weighted by molar-refractivity contribution is 8.77. The number of carboxylic acids is 1. The molecule has 98 valence electrons. The van der Waals surface area contributed by atoms with Crippen LogP contribution < -0.4 is 0 Å². The van der Waals surface area contributed by atoms with Gasteiger partial charge in [-0.25, -0.2) is 4.79 Å². The quantitative estimate of drug-likeness (QED) is 0.515. The molecule has 0 unspecified atom stereocenters. The standard InChI is InChI=1S/C11H13NO4S2/c1-11(2,3)18-17-7-4-5-9(12(15)16)8(6-7)10(13)14/h4-6H,1-3H3,(H,13,14). The summed E-state index contributed by atoms with van der Waals surface area (Å²) in [5.41, 5.74) is -0.660. The lowest BCUT2D eigenvalue weighted by Crippen LogP contribution is -2.05. The molecule has 1 aromatic rings. The predicted molar refractivity (Wildman–Crippen MR) is 73.3 cm³/mol. The lowest BCUT2D eigenvalue weighted by molar-refractivity contribution is -0.385. The van der Waals surface area contributed by atoms with Crippen LogP contribution in [0.25, 0.3) is 0 Å². The van der Waals surface area contributed by atoms with Crippen molar-refractivity contribution in [2.45, 2.75) is 30.4 Å². The van der Waals surface area contributed by atoms with Crippen LogP contribution in [0.2, 0.25) is 0 Å². The summed E-state index contributed by atoms with van der Waals surface area (Å²) < 4.78 is 0.0236. The van der Waals surface area contributed by atoms with E-state index in [9.17, 15) is 14.9 Å². The van der Waals surface area contributed by atoms with Crippen LogP contribution in [0.5, 0.6) is 0 Å². The topological polar surface area (TPSA) is 80.4 Å². The smallest absolute Gasteiger partial charge is 0.342 e. The second kappa shape index (κ2) is 5.62. The van der Waals surface area contributed by atoms with Crippen LogP contribution in [0.1, 0.15) is 31.1 Å². The highest BCUT2D eigenvalue weighted by Crippen LogP contribution is 2.41. The number of benzene rings is 1.